The molecule has 0 spiro atoms. The Hall–Kier alpha value is -4.58. The van der Waals surface area contributed by atoms with Crippen LogP contribution in [0.15, 0.2) is 103 Å². The Morgan fingerprint density at radius 1 is 0.757 bits per heavy atom. The maximum Gasteiger partial charge on any atom is 0.326 e. The molecule has 0 aliphatic rings. The predicted molar refractivity (Wildman–Crippen MR) is 144 cm³/mol. The van der Waals surface area contributed by atoms with Crippen LogP contribution in [0.3, 0.4) is 0 Å². The van der Waals surface area contributed by atoms with Crippen LogP contribution in [0, 0.1) is 6.92 Å². The van der Waals surface area contributed by atoms with Gasteiger partial charge in [-0.25, -0.2) is 4.79 Å². The number of ether oxygens (including phenoxy) is 2. The van der Waals surface area contributed by atoms with E-state index < -0.39 is 12.0 Å². The van der Waals surface area contributed by atoms with Gasteiger partial charge in [0.1, 0.15) is 30.8 Å². The van der Waals surface area contributed by atoms with Crippen LogP contribution in [0.25, 0.3) is 0 Å². The number of carboxylic acid groups (broad SMARTS) is 1. The standard InChI is InChI=1S/C31H29NO5/c1-22-11-15-25(16-12-22)36-19-20-37-26-17-13-23(14-18-26)21-29(31(34)35)32-28-10-6-5-9-27(28)30(33)24-7-3-2-4-8-24/h2-18,29,32H,19-21H2,1H3,(H,34,35)/t29-/m0/s1. The van der Waals surface area contributed by atoms with Crippen molar-refractivity contribution in [2.75, 3.05) is 18.5 Å². The first-order valence-corrected chi connectivity index (χ1v) is 12.1. The van der Waals surface area contributed by atoms with E-state index in [1.165, 1.54) is 5.56 Å². The van der Waals surface area contributed by atoms with Gasteiger partial charge in [-0.15, -0.1) is 0 Å². The maximum absolute atomic E-state index is 13.0. The molecule has 0 heterocycles. The lowest BCUT2D eigenvalue weighted by molar-refractivity contribution is -0.137. The molecule has 37 heavy (non-hydrogen) atoms. The van der Waals surface area contributed by atoms with Gasteiger partial charge in [-0.05, 0) is 48.9 Å². The van der Waals surface area contributed by atoms with Crippen molar-refractivity contribution in [2.45, 2.75) is 19.4 Å². The predicted octanol–water partition coefficient (Wildman–Crippen LogP) is 5.79. The molecule has 0 aromatic heterocycles. The second-order valence-electron chi connectivity index (χ2n) is 8.63. The first-order chi connectivity index (χ1) is 18.0. The van der Waals surface area contributed by atoms with E-state index in [0.717, 1.165) is 11.3 Å². The summed E-state index contributed by atoms with van der Waals surface area (Å²) in [7, 11) is 0. The summed E-state index contributed by atoms with van der Waals surface area (Å²) in [5.41, 5.74) is 3.46. The molecule has 0 fully saturated rings. The number of benzene rings is 4. The third-order valence-corrected chi connectivity index (χ3v) is 5.84. The van der Waals surface area contributed by atoms with Gasteiger partial charge < -0.3 is 19.9 Å². The number of aliphatic carboxylic acids is 1. The van der Waals surface area contributed by atoms with Gasteiger partial charge in [0.2, 0.25) is 0 Å². The van der Waals surface area contributed by atoms with Crippen molar-refractivity contribution in [1.82, 2.24) is 0 Å². The number of carboxylic acids is 1. The van der Waals surface area contributed by atoms with Crippen molar-refractivity contribution >= 4 is 17.4 Å². The topological polar surface area (TPSA) is 84.9 Å². The number of aryl methyl sites for hydroxylation is 1. The van der Waals surface area contributed by atoms with Gasteiger partial charge in [-0.3, -0.25) is 4.79 Å². The van der Waals surface area contributed by atoms with Crippen LogP contribution in [0.4, 0.5) is 5.69 Å². The van der Waals surface area contributed by atoms with E-state index in [1.807, 2.05) is 61.5 Å². The highest BCUT2D eigenvalue weighted by Crippen LogP contribution is 2.22. The zero-order valence-corrected chi connectivity index (χ0v) is 20.6. The molecule has 6 nitrogen and oxygen atoms in total. The van der Waals surface area contributed by atoms with Crippen LogP contribution >= 0.6 is 0 Å². The molecule has 0 radical (unpaired) electrons. The number of hydrogen-bond acceptors (Lipinski definition) is 5. The van der Waals surface area contributed by atoms with Gasteiger partial charge in [0.25, 0.3) is 0 Å². The number of ketones is 1. The summed E-state index contributed by atoms with van der Waals surface area (Å²) in [5.74, 6) is 0.301. The van der Waals surface area contributed by atoms with Crippen LogP contribution in [0.5, 0.6) is 11.5 Å². The molecule has 2 N–H and O–H groups in total. The SMILES string of the molecule is Cc1ccc(OCCOc2ccc(C[C@H](Nc3ccccc3C(=O)c3ccccc3)C(=O)O)cc2)cc1. The number of carbonyl (C=O) groups excluding carboxylic acids is 1. The number of anilines is 1. The lowest BCUT2D eigenvalue weighted by atomic mass is 10.00. The van der Waals surface area contributed by atoms with Crippen LogP contribution in [0.2, 0.25) is 0 Å². The Kier molecular flexibility index (Phi) is 8.55. The van der Waals surface area contributed by atoms with Crippen LogP contribution in [-0.2, 0) is 11.2 Å². The molecule has 0 aliphatic carbocycles. The second kappa shape index (κ2) is 12.4. The number of carbonyl (C=O) groups is 2. The van der Waals surface area contributed by atoms with Crippen LogP contribution < -0.4 is 14.8 Å². The second-order valence-corrected chi connectivity index (χ2v) is 8.63. The third-order valence-electron chi connectivity index (χ3n) is 5.84. The highest BCUT2D eigenvalue weighted by Gasteiger charge is 2.21. The lowest BCUT2D eigenvalue weighted by Crippen LogP contribution is -2.32. The molecule has 4 aromatic rings. The van der Waals surface area contributed by atoms with Crippen molar-refractivity contribution in [3.05, 3.63) is 125 Å². The Labute approximate surface area is 216 Å². The molecule has 4 aromatic carbocycles. The number of hydrogen-bond donors (Lipinski definition) is 2. The fourth-order valence-electron chi connectivity index (χ4n) is 3.85. The fourth-order valence-corrected chi connectivity index (χ4v) is 3.85. The Morgan fingerprint density at radius 2 is 1.32 bits per heavy atom. The van der Waals surface area contributed by atoms with Crippen molar-refractivity contribution in [1.29, 1.82) is 0 Å². The molecule has 0 bridgehead atoms. The van der Waals surface area contributed by atoms with Crippen LogP contribution in [-0.4, -0.2) is 36.1 Å². The summed E-state index contributed by atoms with van der Waals surface area (Å²) >= 11 is 0. The Bertz CT molecular complexity index is 1320. The average molecular weight is 496 g/mol. The zero-order valence-electron chi connectivity index (χ0n) is 20.6. The quantitative estimate of drug-likeness (QED) is 0.191. The minimum absolute atomic E-state index is 0.166. The van der Waals surface area contributed by atoms with Gasteiger partial charge in [0, 0.05) is 23.2 Å². The molecular weight excluding hydrogens is 466 g/mol. The number of nitrogens with one attached hydrogen (secondary N) is 1. The highest BCUT2D eigenvalue weighted by molar-refractivity contribution is 6.12. The van der Waals surface area contributed by atoms with E-state index in [9.17, 15) is 14.7 Å². The van der Waals surface area contributed by atoms with E-state index in [4.69, 9.17) is 9.47 Å². The largest absolute Gasteiger partial charge is 0.490 e. The summed E-state index contributed by atoms with van der Waals surface area (Å²) in [6.45, 7) is 2.83. The smallest absolute Gasteiger partial charge is 0.326 e. The first kappa shape index (κ1) is 25.5. The number of rotatable bonds is 12. The van der Waals surface area contributed by atoms with Crippen molar-refractivity contribution in [3.63, 3.8) is 0 Å². The van der Waals surface area contributed by atoms with Crippen LogP contribution in [0.1, 0.15) is 27.0 Å². The van der Waals surface area contributed by atoms with Gasteiger partial charge in [-0.1, -0.05) is 72.3 Å². The van der Waals surface area contributed by atoms with E-state index in [0.29, 0.717) is 35.8 Å². The monoisotopic (exact) mass is 495 g/mol. The normalized spacial score (nSPS) is 11.4. The fraction of sp³-hybridized carbons (Fsp3) is 0.161. The maximum atomic E-state index is 13.0. The van der Waals surface area contributed by atoms with E-state index in [2.05, 4.69) is 5.32 Å². The molecular formula is C31H29NO5. The number of para-hydroxylation sites is 1. The highest BCUT2D eigenvalue weighted by atomic mass is 16.5. The summed E-state index contributed by atoms with van der Waals surface area (Å²) in [6.07, 6.45) is 0.236. The zero-order chi connectivity index (χ0) is 26.0. The summed E-state index contributed by atoms with van der Waals surface area (Å²) < 4.78 is 11.4. The minimum Gasteiger partial charge on any atom is -0.490 e. The van der Waals surface area contributed by atoms with Gasteiger partial charge in [0.05, 0.1) is 0 Å². The summed E-state index contributed by atoms with van der Waals surface area (Å²) in [4.78, 5) is 25.1. The molecule has 0 amide bonds. The minimum atomic E-state index is -1.00. The summed E-state index contributed by atoms with van der Waals surface area (Å²) in [6, 6.07) is 30.1. The van der Waals surface area contributed by atoms with Crippen molar-refractivity contribution in [2.24, 2.45) is 0 Å². The molecule has 4 rings (SSSR count). The van der Waals surface area contributed by atoms with E-state index in [-0.39, 0.29) is 12.2 Å². The molecule has 6 heteroatoms. The molecule has 0 unspecified atom stereocenters. The van der Waals surface area contributed by atoms with Crippen molar-refractivity contribution < 1.29 is 24.2 Å². The first-order valence-electron chi connectivity index (χ1n) is 12.1. The summed E-state index contributed by atoms with van der Waals surface area (Å²) in [5, 5.41) is 12.9. The Morgan fingerprint density at radius 3 is 1.95 bits per heavy atom. The van der Waals surface area contributed by atoms with Gasteiger partial charge >= 0.3 is 5.97 Å². The molecule has 0 saturated carbocycles. The van der Waals surface area contributed by atoms with Crippen molar-refractivity contribution in [3.8, 4) is 11.5 Å². The molecule has 0 saturated heterocycles. The third kappa shape index (κ3) is 7.21. The van der Waals surface area contributed by atoms with Gasteiger partial charge in [0.15, 0.2) is 5.78 Å². The molecule has 1 atom stereocenters. The Balaban J connectivity index is 1.35. The average Bonchev–Trinajstić information content (AvgIpc) is 2.93. The van der Waals surface area contributed by atoms with E-state index in [1.54, 1.807) is 48.5 Å². The van der Waals surface area contributed by atoms with E-state index >= 15 is 0 Å². The molecule has 0 aliphatic heterocycles. The van der Waals surface area contributed by atoms with Gasteiger partial charge in [-0.2, -0.15) is 0 Å². The lowest BCUT2D eigenvalue weighted by Gasteiger charge is -2.18. The molecule has 188 valence electrons.